The number of hydrogen-bond acceptors (Lipinski definition) is 6. The van der Waals surface area contributed by atoms with E-state index in [1.807, 2.05) is 4.90 Å². The highest BCUT2D eigenvalue weighted by Crippen LogP contribution is 2.28. The van der Waals surface area contributed by atoms with E-state index in [1.54, 1.807) is 4.42 Å². The molecule has 2 rings (SSSR count). The van der Waals surface area contributed by atoms with Crippen LogP contribution in [0.15, 0.2) is 18.2 Å². The zero-order valence-electron chi connectivity index (χ0n) is 11.1. The molecule has 1 saturated heterocycles. The Morgan fingerprint density at radius 3 is 2.71 bits per heavy atom. The number of non-ortho nitro benzene ring substituents is 1. The number of nitro benzene ring substituents is 1. The molecule has 0 aliphatic carbocycles. The first-order valence-corrected chi connectivity index (χ1v) is 7.99. The molecule has 1 aliphatic rings. The Morgan fingerprint density at radius 2 is 2.10 bits per heavy atom. The molecule has 6 nitrogen and oxygen atoms in total. The first-order chi connectivity index (χ1) is 9.97. The lowest BCUT2D eigenvalue weighted by molar-refractivity contribution is -0.384. The Morgan fingerprint density at radius 1 is 1.43 bits per heavy atom. The Hall–Kier alpha value is -1.09. The highest BCUT2D eigenvalue weighted by atomic mass is 35.5. The predicted molar refractivity (Wildman–Crippen MR) is 87.7 cm³/mol. The van der Waals surface area contributed by atoms with Gasteiger partial charge in [-0.05, 0) is 17.8 Å². The lowest BCUT2D eigenvalue weighted by atomic mass is 10.2. The fourth-order valence-electron chi connectivity index (χ4n) is 1.90. The molecule has 0 radical (unpaired) electrons. The predicted octanol–water partition coefficient (Wildman–Crippen LogP) is 2.59. The third-order valence-electron chi connectivity index (χ3n) is 3.11. The molecule has 0 atom stereocenters. The first-order valence-electron chi connectivity index (χ1n) is 6.26. The molecular weight excluding hydrogens is 334 g/mol. The lowest BCUT2D eigenvalue weighted by Crippen LogP contribution is -2.43. The van der Waals surface area contributed by atoms with Gasteiger partial charge in [0.05, 0.1) is 4.92 Å². The monoisotopic (exact) mass is 347 g/mol. The van der Waals surface area contributed by atoms with Gasteiger partial charge in [-0.1, -0.05) is 24.0 Å². The SMILES string of the molecule is O=[N+]([O-])c1ccc(O)c(CSC(=S)N2CCN(Cl)CC2)c1. The first kappa shape index (κ1) is 16.3. The van der Waals surface area contributed by atoms with Crippen LogP contribution in [0.5, 0.6) is 5.75 Å². The maximum absolute atomic E-state index is 10.7. The summed E-state index contributed by atoms with van der Waals surface area (Å²) in [4.78, 5) is 12.3. The molecular formula is C12H14ClN3O3S2. The maximum Gasteiger partial charge on any atom is 0.270 e. The molecule has 0 spiro atoms. The quantitative estimate of drug-likeness (QED) is 0.390. The number of nitrogens with zero attached hydrogens (tertiary/aromatic N) is 3. The molecule has 0 aromatic heterocycles. The maximum atomic E-state index is 10.7. The zero-order valence-corrected chi connectivity index (χ0v) is 13.5. The smallest absolute Gasteiger partial charge is 0.270 e. The normalized spacial score (nSPS) is 16.0. The topological polar surface area (TPSA) is 69.8 Å². The molecule has 1 aliphatic heterocycles. The number of aromatic hydroxyl groups is 1. The average molecular weight is 348 g/mol. The fourth-order valence-corrected chi connectivity index (χ4v) is 3.28. The van der Waals surface area contributed by atoms with Crippen LogP contribution < -0.4 is 0 Å². The number of halogens is 1. The highest BCUT2D eigenvalue weighted by Gasteiger charge is 2.18. The van der Waals surface area contributed by atoms with Gasteiger partial charge in [0.25, 0.3) is 5.69 Å². The van der Waals surface area contributed by atoms with Crippen molar-refractivity contribution in [3.05, 3.63) is 33.9 Å². The van der Waals surface area contributed by atoms with Crippen molar-refractivity contribution in [2.45, 2.75) is 5.75 Å². The Bertz CT molecular complexity index is 551. The van der Waals surface area contributed by atoms with Crippen LogP contribution in [0.3, 0.4) is 0 Å². The number of thioether (sulfide) groups is 1. The van der Waals surface area contributed by atoms with Gasteiger partial charge in [0, 0.05) is 49.6 Å². The van der Waals surface area contributed by atoms with E-state index in [9.17, 15) is 15.2 Å². The van der Waals surface area contributed by atoms with E-state index in [2.05, 4.69) is 0 Å². The minimum atomic E-state index is -0.481. The summed E-state index contributed by atoms with van der Waals surface area (Å²) in [6.45, 7) is 3.00. The molecule has 0 unspecified atom stereocenters. The summed E-state index contributed by atoms with van der Waals surface area (Å²) in [6.07, 6.45) is 0. The van der Waals surface area contributed by atoms with Crippen LogP contribution in [0.2, 0.25) is 0 Å². The summed E-state index contributed by atoms with van der Waals surface area (Å²) in [5, 5.41) is 20.5. The molecule has 1 aromatic carbocycles. The van der Waals surface area contributed by atoms with Crippen LogP contribution in [0.25, 0.3) is 0 Å². The fraction of sp³-hybridized carbons (Fsp3) is 0.417. The van der Waals surface area contributed by atoms with Crippen molar-refractivity contribution in [3.8, 4) is 5.75 Å². The van der Waals surface area contributed by atoms with Gasteiger partial charge in [0.15, 0.2) is 0 Å². The third-order valence-corrected chi connectivity index (χ3v) is 5.02. The van der Waals surface area contributed by atoms with E-state index in [-0.39, 0.29) is 11.4 Å². The van der Waals surface area contributed by atoms with Gasteiger partial charge < -0.3 is 10.0 Å². The number of hydrogen-bond donors (Lipinski definition) is 1. The van der Waals surface area contributed by atoms with Gasteiger partial charge in [-0.25, -0.2) is 4.42 Å². The van der Waals surface area contributed by atoms with Crippen molar-refractivity contribution in [1.29, 1.82) is 0 Å². The van der Waals surface area contributed by atoms with E-state index in [0.717, 1.165) is 26.2 Å². The van der Waals surface area contributed by atoms with Crippen LogP contribution in [0.4, 0.5) is 5.69 Å². The number of thiocarbonyl (C=S) groups is 1. The van der Waals surface area contributed by atoms with Gasteiger partial charge in [0.2, 0.25) is 0 Å². The largest absolute Gasteiger partial charge is 0.508 e. The minimum absolute atomic E-state index is 0.0370. The molecule has 0 amide bonds. The standard InChI is InChI=1S/C12H14ClN3O3S2/c13-15-5-3-14(4-6-15)12(20)21-8-9-7-10(16(18)19)1-2-11(9)17/h1-2,7,17H,3-6,8H2. The van der Waals surface area contributed by atoms with E-state index < -0.39 is 4.92 Å². The van der Waals surface area contributed by atoms with E-state index in [1.165, 1.54) is 30.0 Å². The number of nitro groups is 1. The van der Waals surface area contributed by atoms with E-state index in [4.69, 9.17) is 24.0 Å². The molecule has 114 valence electrons. The molecule has 0 bridgehead atoms. The minimum Gasteiger partial charge on any atom is -0.508 e. The second-order valence-corrected chi connectivity index (χ2v) is 6.61. The molecule has 1 fully saturated rings. The Labute approximate surface area is 136 Å². The Balaban J connectivity index is 1.94. The van der Waals surface area contributed by atoms with Crippen LogP contribution >= 0.6 is 35.8 Å². The van der Waals surface area contributed by atoms with Gasteiger partial charge in [-0.3, -0.25) is 10.1 Å². The highest BCUT2D eigenvalue weighted by molar-refractivity contribution is 8.22. The number of piperazine rings is 1. The van der Waals surface area contributed by atoms with Crippen LogP contribution in [0, 0.1) is 10.1 Å². The van der Waals surface area contributed by atoms with Crippen molar-refractivity contribution in [2.75, 3.05) is 26.2 Å². The van der Waals surface area contributed by atoms with Gasteiger partial charge >= 0.3 is 0 Å². The molecule has 0 saturated carbocycles. The number of rotatable bonds is 3. The molecule has 1 heterocycles. The summed E-state index contributed by atoms with van der Waals surface area (Å²) in [7, 11) is 0. The third kappa shape index (κ3) is 4.44. The van der Waals surface area contributed by atoms with Gasteiger partial charge in [-0.15, -0.1) is 0 Å². The summed E-state index contributed by atoms with van der Waals surface area (Å²) in [6, 6.07) is 3.99. The molecule has 1 aromatic rings. The summed E-state index contributed by atoms with van der Waals surface area (Å²) in [5.41, 5.74) is 0.470. The van der Waals surface area contributed by atoms with Gasteiger partial charge in [0.1, 0.15) is 10.1 Å². The van der Waals surface area contributed by atoms with Gasteiger partial charge in [-0.2, -0.15) is 0 Å². The summed E-state index contributed by atoms with van der Waals surface area (Å²) in [5.74, 6) is 0.439. The van der Waals surface area contributed by atoms with E-state index >= 15 is 0 Å². The van der Waals surface area contributed by atoms with Crippen molar-refractivity contribution < 1.29 is 10.0 Å². The van der Waals surface area contributed by atoms with Crippen LogP contribution in [0.1, 0.15) is 5.56 Å². The second-order valence-electron chi connectivity index (χ2n) is 4.52. The lowest BCUT2D eigenvalue weighted by Gasteiger charge is -2.32. The zero-order chi connectivity index (χ0) is 15.4. The molecule has 21 heavy (non-hydrogen) atoms. The van der Waals surface area contributed by atoms with Crippen molar-refractivity contribution >= 4 is 45.8 Å². The summed E-state index contributed by atoms with van der Waals surface area (Å²) >= 11 is 12.6. The van der Waals surface area contributed by atoms with Crippen molar-refractivity contribution in [1.82, 2.24) is 9.32 Å². The van der Waals surface area contributed by atoms with Crippen molar-refractivity contribution in [3.63, 3.8) is 0 Å². The Kier molecular flexibility index (Phi) is 5.63. The van der Waals surface area contributed by atoms with Crippen molar-refractivity contribution in [2.24, 2.45) is 0 Å². The number of phenols is 1. The van der Waals surface area contributed by atoms with Crippen LogP contribution in [-0.2, 0) is 5.75 Å². The van der Waals surface area contributed by atoms with E-state index in [0.29, 0.717) is 15.6 Å². The molecule has 9 heteroatoms. The second kappa shape index (κ2) is 7.26. The number of benzene rings is 1. The number of phenolic OH excluding ortho intramolecular Hbond substituents is 1. The average Bonchev–Trinajstić information content (AvgIpc) is 2.46. The summed E-state index contributed by atoms with van der Waals surface area (Å²) < 4.78 is 2.43. The van der Waals surface area contributed by atoms with Crippen LogP contribution in [-0.4, -0.2) is 49.8 Å². The molecule has 1 N–H and O–H groups in total.